The lowest BCUT2D eigenvalue weighted by Crippen LogP contribution is -2.48. The summed E-state index contributed by atoms with van der Waals surface area (Å²) in [5.41, 5.74) is 4.10. The maximum Gasteiger partial charge on any atom is 0.239 e. The minimum absolute atomic E-state index is 0.0163. The lowest BCUT2D eigenvalue weighted by molar-refractivity contribution is -0.117. The van der Waals surface area contributed by atoms with Crippen molar-refractivity contribution in [2.45, 2.75) is 58.5 Å². The summed E-state index contributed by atoms with van der Waals surface area (Å²) in [4.78, 5) is 17.6. The molecular formula is C24H33N5OS. The van der Waals surface area contributed by atoms with Crippen molar-refractivity contribution in [2.24, 2.45) is 0 Å². The molecule has 31 heavy (non-hydrogen) atoms. The molecule has 0 bridgehead atoms. The van der Waals surface area contributed by atoms with E-state index in [-0.39, 0.29) is 5.91 Å². The van der Waals surface area contributed by atoms with Gasteiger partial charge < -0.3 is 9.88 Å². The summed E-state index contributed by atoms with van der Waals surface area (Å²) in [6.07, 6.45) is 5.95. The van der Waals surface area contributed by atoms with Gasteiger partial charge in [0, 0.05) is 44.5 Å². The Balaban J connectivity index is 1.38. The first-order valence-corrected chi connectivity index (χ1v) is 12.4. The van der Waals surface area contributed by atoms with Crippen molar-refractivity contribution in [1.82, 2.24) is 14.4 Å². The minimum atomic E-state index is -0.0163. The molecule has 0 radical (unpaired) electrons. The molecule has 1 aliphatic carbocycles. The second-order valence-electron chi connectivity index (χ2n) is 8.94. The Hall–Kier alpha value is -2.14. The second kappa shape index (κ2) is 9.99. The molecule has 0 aromatic carbocycles. The number of piperazine rings is 1. The van der Waals surface area contributed by atoms with E-state index in [9.17, 15) is 10.1 Å². The maximum absolute atomic E-state index is 13.0. The van der Waals surface area contributed by atoms with Crippen LogP contribution in [-0.4, -0.2) is 53.0 Å². The zero-order valence-electron chi connectivity index (χ0n) is 18.7. The molecule has 2 aliphatic rings. The molecule has 1 saturated heterocycles. The monoisotopic (exact) mass is 439 g/mol. The summed E-state index contributed by atoms with van der Waals surface area (Å²) in [5.74, 6) is 0.697. The molecule has 2 aromatic heterocycles. The van der Waals surface area contributed by atoms with Gasteiger partial charge in [0.25, 0.3) is 0 Å². The Labute approximate surface area is 189 Å². The molecule has 7 heteroatoms. The van der Waals surface area contributed by atoms with Crippen LogP contribution in [0, 0.1) is 25.2 Å². The van der Waals surface area contributed by atoms with Crippen LogP contribution in [0.3, 0.4) is 0 Å². The highest BCUT2D eigenvalue weighted by Crippen LogP contribution is 2.36. The zero-order chi connectivity index (χ0) is 21.8. The van der Waals surface area contributed by atoms with Crippen LogP contribution in [0.2, 0.25) is 0 Å². The van der Waals surface area contributed by atoms with Crippen LogP contribution in [0.25, 0.3) is 0 Å². The fourth-order valence-electron chi connectivity index (χ4n) is 5.00. The third-order valence-electron chi connectivity index (χ3n) is 6.88. The minimum Gasteiger partial charge on any atom is -0.327 e. The van der Waals surface area contributed by atoms with E-state index in [4.69, 9.17) is 0 Å². The maximum atomic E-state index is 13.0. The number of aromatic nitrogens is 1. The fourth-order valence-corrected chi connectivity index (χ4v) is 5.66. The molecule has 2 fully saturated rings. The molecule has 0 unspecified atom stereocenters. The van der Waals surface area contributed by atoms with Crippen LogP contribution in [0.1, 0.15) is 60.5 Å². The van der Waals surface area contributed by atoms with Crippen LogP contribution < -0.4 is 5.32 Å². The molecule has 166 valence electrons. The first-order chi connectivity index (χ1) is 15.1. The number of rotatable bonds is 6. The van der Waals surface area contributed by atoms with Crippen LogP contribution in [0.4, 0.5) is 5.82 Å². The van der Waals surface area contributed by atoms with Gasteiger partial charge in [-0.2, -0.15) is 16.6 Å². The van der Waals surface area contributed by atoms with Gasteiger partial charge in [-0.15, -0.1) is 0 Å². The van der Waals surface area contributed by atoms with Gasteiger partial charge in [0.15, 0.2) is 0 Å². The molecular weight excluding hydrogens is 406 g/mol. The van der Waals surface area contributed by atoms with Crippen LogP contribution >= 0.6 is 11.3 Å². The van der Waals surface area contributed by atoms with Crippen molar-refractivity contribution < 1.29 is 4.79 Å². The van der Waals surface area contributed by atoms with Crippen molar-refractivity contribution in [2.75, 3.05) is 38.0 Å². The topological polar surface area (TPSA) is 64.3 Å². The van der Waals surface area contributed by atoms with Crippen molar-refractivity contribution >= 4 is 23.1 Å². The summed E-state index contributed by atoms with van der Waals surface area (Å²) in [7, 11) is 0. The first-order valence-electron chi connectivity index (χ1n) is 11.4. The summed E-state index contributed by atoms with van der Waals surface area (Å²) < 4.78 is 2.24. The van der Waals surface area contributed by atoms with E-state index < -0.39 is 0 Å². The number of nitrogens with one attached hydrogen (secondary N) is 1. The first kappa shape index (κ1) is 22.1. The standard InChI is InChI=1S/C24H33N5OS/c1-18-19(2)29(21-6-4-3-5-7-21)24(22(18)14-25)26-23(30)16-28-11-9-27(10-12-28)15-20-8-13-31-17-20/h8,13,17,21H,3-7,9-12,15-16H2,1-2H3,(H,26,30). The van der Waals surface area contributed by atoms with E-state index in [2.05, 4.69) is 49.5 Å². The number of nitriles is 1. The highest BCUT2D eigenvalue weighted by Gasteiger charge is 2.27. The lowest BCUT2D eigenvalue weighted by Gasteiger charge is -2.34. The summed E-state index contributed by atoms with van der Waals surface area (Å²) in [5, 5.41) is 17.2. The molecule has 1 amide bonds. The van der Waals surface area contributed by atoms with Crippen molar-refractivity contribution in [3.05, 3.63) is 39.2 Å². The van der Waals surface area contributed by atoms with Crippen molar-refractivity contribution in [3.8, 4) is 6.07 Å². The Morgan fingerprint density at radius 3 is 2.52 bits per heavy atom. The molecule has 2 aromatic rings. The smallest absolute Gasteiger partial charge is 0.239 e. The van der Waals surface area contributed by atoms with Crippen LogP contribution in [0.5, 0.6) is 0 Å². The highest BCUT2D eigenvalue weighted by molar-refractivity contribution is 7.07. The molecule has 3 heterocycles. The van der Waals surface area contributed by atoms with Crippen LogP contribution in [-0.2, 0) is 11.3 Å². The Kier molecular flexibility index (Phi) is 7.11. The molecule has 4 rings (SSSR count). The SMILES string of the molecule is Cc1c(C#N)c(NC(=O)CN2CCN(Cc3ccsc3)CC2)n(C2CCCCC2)c1C. The van der Waals surface area contributed by atoms with E-state index in [1.165, 1.54) is 24.8 Å². The predicted molar refractivity (Wildman–Crippen MR) is 125 cm³/mol. The van der Waals surface area contributed by atoms with E-state index in [1.54, 1.807) is 11.3 Å². The van der Waals surface area contributed by atoms with Crippen LogP contribution in [0.15, 0.2) is 16.8 Å². The van der Waals surface area contributed by atoms with Gasteiger partial charge in [0.2, 0.25) is 5.91 Å². The van der Waals surface area contributed by atoms with E-state index in [0.29, 0.717) is 24.0 Å². The van der Waals surface area contributed by atoms with Gasteiger partial charge in [-0.1, -0.05) is 19.3 Å². The quantitative estimate of drug-likeness (QED) is 0.729. The van der Waals surface area contributed by atoms with Crippen molar-refractivity contribution in [3.63, 3.8) is 0 Å². The van der Waals surface area contributed by atoms with Gasteiger partial charge in [-0.05, 0) is 54.6 Å². The third kappa shape index (κ3) is 5.03. The van der Waals surface area contributed by atoms with E-state index in [1.807, 2.05) is 6.92 Å². The van der Waals surface area contributed by atoms with E-state index in [0.717, 1.165) is 56.8 Å². The molecule has 1 N–H and O–H groups in total. The Bertz CT molecular complexity index is 928. The average molecular weight is 440 g/mol. The van der Waals surface area contributed by atoms with Gasteiger partial charge in [-0.25, -0.2) is 0 Å². The summed E-state index contributed by atoms with van der Waals surface area (Å²) >= 11 is 1.74. The zero-order valence-corrected chi connectivity index (χ0v) is 19.5. The van der Waals surface area contributed by atoms with Gasteiger partial charge in [0.1, 0.15) is 11.9 Å². The fraction of sp³-hybridized carbons (Fsp3) is 0.583. The molecule has 0 atom stereocenters. The van der Waals surface area contributed by atoms with Gasteiger partial charge in [0.05, 0.1) is 12.1 Å². The molecule has 6 nitrogen and oxygen atoms in total. The Morgan fingerprint density at radius 1 is 1.16 bits per heavy atom. The average Bonchev–Trinajstić information content (AvgIpc) is 3.36. The number of thiophene rings is 1. The van der Waals surface area contributed by atoms with Gasteiger partial charge in [-0.3, -0.25) is 14.6 Å². The number of hydrogen-bond donors (Lipinski definition) is 1. The number of nitrogens with zero attached hydrogens (tertiary/aromatic N) is 4. The normalized spacial score (nSPS) is 18.7. The second-order valence-corrected chi connectivity index (χ2v) is 9.72. The summed E-state index contributed by atoms with van der Waals surface area (Å²) in [6.45, 7) is 9.18. The van der Waals surface area contributed by atoms with Crippen molar-refractivity contribution in [1.29, 1.82) is 5.26 Å². The number of anilines is 1. The van der Waals surface area contributed by atoms with Gasteiger partial charge >= 0.3 is 0 Å². The third-order valence-corrected chi connectivity index (χ3v) is 7.62. The predicted octanol–water partition coefficient (Wildman–Crippen LogP) is 4.30. The number of carbonyl (C=O) groups is 1. The number of hydrogen-bond acceptors (Lipinski definition) is 5. The summed E-state index contributed by atoms with van der Waals surface area (Å²) in [6, 6.07) is 4.91. The van der Waals surface area contributed by atoms with E-state index >= 15 is 0 Å². The highest BCUT2D eigenvalue weighted by atomic mass is 32.1. The number of carbonyl (C=O) groups excluding carboxylic acids is 1. The molecule has 1 aliphatic heterocycles. The lowest BCUT2D eigenvalue weighted by atomic mass is 9.95. The largest absolute Gasteiger partial charge is 0.327 e. The molecule has 0 spiro atoms. The Morgan fingerprint density at radius 2 is 1.87 bits per heavy atom. The number of amides is 1. The molecule has 1 saturated carbocycles.